The van der Waals surface area contributed by atoms with Gasteiger partial charge in [-0.15, -0.1) is 0 Å². The highest BCUT2D eigenvalue weighted by molar-refractivity contribution is 6.25. The van der Waals surface area contributed by atoms with E-state index in [1.165, 1.54) is 11.0 Å². The summed E-state index contributed by atoms with van der Waals surface area (Å²) in [7, 11) is 0. The van der Waals surface area contributed by atoms with E-state index in [9.17, 15) is 24.5 Å². The average Bonchev–Trinajstić information content (AvgIpc) is 2.75. The molecule has 0 radical (unpaired) electrons. The number of carbonyl (C=O) groups excluding carboxylic acids is 3. The third-order valence-electron chi connectivity index (χ3n) is 5.33. The van der Waals surface area contributed by atoms with Crippen molar-refractivity contribution in [1.29, 1.82) is 0 Å². The molecular formula is C23H19N3O5. The van der Waals surface area contributed by atoms with Crippen LogP contribution in [0.3, 0.4) is 0 Å². The largest absolute Gasteiger partial charge is 0.326 e. The van der Waals surface area contributed by atoms with Gasteiger partial charge in [0.2, 0.25) is 5.91 Å². The molecule has 0 aromatic heterocycles. The van der Waals surface area contributed by atoms with E-state index < -0.39 is 4.92 Å². The standard InChI is InChI=1S/C23H19N3O5/c1-14-10-11-16(13-19(14)26(30)31)24-20(27)9-4-12-25-22(28)17-7-2-5-15-6-3-8-18(21(15)17)23(25)29/h2-3,5-8,10-11,13H,4,9,12H2,1H3,(H,24,27). The minimum atomic E-state index is -0.503. The highest BCUT2D eigenvalue weighted by atomic mass is 16.6. The van der Waals surface area contributed by atoms with Gasteiger partial charge in [0.05, 0.1) is 4.92 Å². The Morgan fingerprint density at radius 3 is 2.29 bits per heavy atom. The van der Waals surface area contributed by atoms with E-state index >= 15 is 0 Å². The van der Waals surface area contributed by atoms with E-state index in [0.29, 0.717) is 27.8 Å². The Bertz CT molecular complexity index is 1200. The number of nitro groups is 1. The molecule has 3 aromatic rings. The van der Waals surface area contributed by atoms with Crippen LogP contribution < -0.4 is 5.32 Å². The lowest BCUT2D eigenvalue weighted by molar-refractivity contribution is -0.385. The Morgan fingerprint density at radius 1 is 1.03 bits per heavy atom. The molecule has 3 amide bonds. The van der Waals surface area contributed by atoms with Gasteiger partial charge in [-0.2, -0.15) is 0 Å². The summed E-state index contributed by atoms with van der Waals surface area (Å²) in [6.45, 7) is 1.72. The molecule has 8 heteroatoms. The molecule has 31 heavy (non-hydrogen) atoms. The van der Waals surface area contributed by atoms with E-state index in [-0.39, 0.29) is 42.8 Å². The van der Waals surface area contributed by atoms with Crippen molar-refractivity contribution in [2.75, 3.05) is 11.9 Å². The summed E-state index contributed by atoms with van der Waals surface area (Å²) in [6, 6.07) is 15.1. The number of anilines is 1. The summed E-state index contributed by atoms with van der Waals surface area (Å²) in [6.07, 6.45) is 0.333. The molecule has 3 aromatic carbocycles. The Hall–Kier alpha value is -4.07. The van der Waals surface area contributed by atoms with Gasteiger partial charge in [-0.3, -0.25) is 29.4 Å². The molecule has 0 saturated carbocycles. The molecular weight excluding hydrogens is 398 g/mol. The van der Waals surface area contributed by atoms with Crippen LogP contribution in [-0.4, -0.2) is 34.1 Å². The lowest BCUT2D eigenvalue weighted by atomic mass is 9.94. The van der Waals surface area contributed by atoms with Crippen molar-refractivity contribution in [2.24, 2.45) is 0 Å². The fourth-order valence-corrected chi connectivity index (χ4v) is 3.79. The van der Waals surface area contributed by atoms with Crippen LogP contribution >= 0.6 is 0 Å². The number of benzene rings is 3. The number of rotatable bonds is 6. The SMILES string of the molecule is Cc1ccc(NC(=O)CCCN2C(=O)c3cccc4cccc(c34)C2=O)cc1[N+](=O)[O-]. The lowest BCUT2D eigenvalue weighted by Crippen LogP contribution is -2.41. The van der Waals surface area contributed by atoms with Crippen molar-refractivity contribution in [3.8, 4) is 0 Å². The molecule has 4 rings (SSSR count). The topological polar surface area (TPSA) is 110 Å². The van der Waals surface area contributed by atoms with Crippen LogP contribution in [0, 0.1) is 17.0 Å². The van der Waals surface area contributed by atoms with Crippen LogP contribution in [0.1, 0.15) is 39.1 Å². The van der Waals surface area contributed by atoms with Gasteiger partial charge in [0.25, 0.3) is 17.5 Å². The van der Waals surface area contributed by atoms with Crippen LogP contribution in [0.25, 0.3) is 10.8 Å². The summed E-state index contributed by atoms with van der Waals surface area (Å²) in [5.41, 5.74) is 1.71. The van der Waals surface area contributed by atoms with Gasteiger partial charge in [-0.1, -0.05) is 30.3 Å². The van der Waals surface area contributed by atoms with Crippen molar-refractivity contribution in [3.63, 3.8) is 0 Å². The molecule has 1 aliphatic rings. The minimum Gasteiger partial charge on any atom is -0.326 e. The highest BCUT2D eigenvalue weighted by Crippen LogP contribution is 2.30. The van der Waals surface area contributed by atoms with E-state index in [2.05, 4.69) is 5.32 Å². The maximum absolute atomic E-state index is 12.9. The van der Waals surface area contributed by atoms with Crippen molar-refractivity contribution in [2.45, 2.75) is 19.8 Å². The fourth-order valence-electron chi connectivity index (χ4n) is 3.79. The zero-order valence-corrected chi connectivity index (χ0v) is 16.8. The highest BCUT2D eigenvalue weighted by Gasteiger charge is 2.32. The van der Waals surface area contributed by atoms with Gasteiger partial charge in [0, 0.05) is 46.8 Å². The van der Waals surface area contributed by atoms with Crippen LogP contribution in [0.15, 0.2) is 54.6 Å². The summed E-state index contributed by atoms with van der Waals surface area (Å²) in [4.78, 5) is 49.7. The first kappa shape index (κ1) is 20.2. The summed E-state index contributed by atoms with van der Waals surface area (Å²) in [5.74, 6) is -1.09. The molecule has 0 aliphatic carbocycles. The second-order valence-electron chi connectivity index (χ2n) is 7.38. The molecule has 0 spiro atoms. The number of carbonyl (C=O) groups is 3. The normalized spacial score (nSPS) is 12.9. The number of nitro benzene ring substituents is 1. The van der Waals surface area contributed by atoms with Crippen LogP contribution in [0.4, 0.5) is 11.4 Å². The zero-order chi connectivity index (χ0) is 22.1. The van der Waals surface area contributed by atoms with Gasteiger partial charge in [0.15, 0.2) is 0 Å². The van der Waals surface area contributed by atoms with Gasteiger partial charge >= 0.3 is 0 Å². The van der Waals surface area contributed by atoms with Crippen LogP contribution in [-0.2, 0) is 4.79 Å². The summed E-state index contributed by atoms with van der Waals surface area (Å²) >= 11 is 0. The average molecular weight is 417 g/mol. The Kier molecular flexibility index (Phi) is 5.21. The molecule has 8 nitrogen and oxygen atoms in total. The number of hydrogen-bond donors (Lipinski definition) is 1. The van der Waals surface area contributed by atoms with Crippen LogP contribution in [0.2, 0.25) is 0 Å². The van der Waals surface area contributed by atoms with Crippen molar-refractivity contribution in [3.05, 3.63) is 81.4 Å². The number of nitrogens with one attached hydrogen (secondary N) is 1. The maximum atomic E-state index is 12.9. The fraction of sp³-hybridized carbons (Fsp3) is 0.174. The molecule has 1 N–H and O–H groups in total. The first-order chi connectivity index (χ1) is 14.9. The molecule has 1 heterocycles. The van der Waals surface area contributed by atoms with Gasteiger partial charge in [-0.25, -0.2) is 0 Å². The molecule has 156 valence electrons. The van der Waals surface area contributed by atoms with E-state index in [0.717, 1.165) is 5.39 Å². The monoisotopic (exact) mass is 417 g/mol. The van der Waals surface area contributed by atoms with Crippen molar-refractivity contribution >= 4 is 39.9 Å². The Morgan fingerprint density at radius 2 is 1.68 bits per heavy atom. The van der Waals surface area contributed by atoms with Crippen molar-refractivity contribution in [1.82, 2.24) is 4.90 Å². The lowest BCUT2D eigenvalue weighted by Gasteiger charge is -2.27. The summed E-state index contributed by atoms with van der Waals surface area (Å²) in [5, 5.41) is 15.2. The van der Waals surface area contributed by atoms with E-state index in [1.54, 1.807) is 43.3 Å². The van der Waals surface area contributed by atoms with Crippen LogP contribution in [0.5, 0.6) is 0 Å². The molecule has 1 aliphatic heterocycles. The first-order valence-corrected chi connectivity index (χ1v) is 9.79. The van der Waals surface area contributed by atoms with Gasteiger partial charge < -0.3 is 5.32 Å². The van der Waals surface area contributed by atoms with E-state index in [4.69, 9.17) is 0 Å². The second-order valence-corrected chi connectivity index (χ2v) is 7.38. The molecule has 0 fully saturated rings. The first-order valence-electron chi connectivity index (χ1n) is 9.79. The Labute approximate surface area is 177 Å². The quantitative estimate of drug-likeness (QED) is 0.369. The third-order valence-corrected chi connectivity index (χ3v) is 5.33. The smallest absolute Gasteiger partial charge is 0.274 e. The van der Waals surface area contributed by atoms with Crippen molar-refractivity contribution < 1.29 is 19.3 Å². The number of imide groups is 1. The number of aryl methyl sites for hydroxylation is 1. The number of nitrogens with zero attached hydrogens (tertiary/aromatic N) is 2. The van der Waals surface area contributed by atoms with Gasteiger partial charge in [-0.05, 0) is 36.9 Å². The second kappa shape index (κ2) is 7.98. The van der Waals surface area contributed by atoms with Gasteiger partial charge in [0.1, 0.15) is 0 Å². The summed E-state index contributed by atoms with van der Waals surface area (Å²) < 4.78 is 0. The number of hydrogen-bond acceptors (Lipinski definition) is 5. The zero-order valence-electron chi connectivity index (χ0n) is 16.8. The third kappa shape index (κ3) is 3.75. The van der Waals surface area contributed by atoms with E-state index in [1.807, 2.05) is 12.1 Å². The maximum Gasteiger partial charge on any atom is 0.274 e. The molecule has 0 saturated heterocycles. The molecule has 0 unspecified atom stereocenters. The Balaban J connectivity index is 1.42. The molecule has 0 atom stereocenters. The predicted molar refractivity (Wildman–Crippen MR) is 115 cm³/mol. The predicted octanol–water partition coefficient (Wildman–Crippen LogP) is 4.07. The minimum absolute atomic E-state index is 0.0601. The molecule has 0 bridgehead atoms. The number of amides is 3.